The molecule has 4 nitrogen and oxygen atoms in total. The summed E-state index contributed by atoms with van der Waals surface area (Å²) in [6.45, 7) is 3.58. The van der Waals surface area contributed by atoms with Crippen molar-refractivity contribution in [1.82, 2.24) is 0 Å². The van der Waals surface area contributed by atoms with E-state index in [4.69, 9.17) is 4.74 Å². The second-order valence-electron chi connectivity index (χ2n) is 4.50. The molecule has 0 amide bonds. The minimum absolute atomic E-state index is 0.226. The molecule has 0 atom stereocenters. The lowest BCUT2D eigenvalue weighted by molar-refractivity contribution is -0.139. The van der Waals surface area contributed by atoms with Gasteiger partial charge in [0.2, 0.25) is 0 Å². The second-order valence-corrected chi connectivity index (χ2v) is 4.50. The number of carbonyl (C=O) groups is 1. The van der Waals surface area contributed by atoms with Crippen molar-refractivity contribution < 1.29 is 19.4 Å². The van der Waals surface area contributed by atoms with Crippen molar-refractivity contribution in [3.05, 3.63) is 29.8 Å². The first-order valence-corrected chi connectivity index (χ1v) is 5.41. The molecule has 0 aliphatic rings. The lowest BCUT2D eigenvalue weighted by Gasteiger charge is -2.17. The summed E-state index contributed by atoms with van der Waals surface area (Å²) in [6, 6.07) is 7.14. The smallest absolute Gasteiger partial charge is 0.309 e. The highest BCUT2D eigenvalue weighted by Gasteiger charge is 2.13. The Labute approximate surface area is 101 Å². The molecule has 0 fully saturated rings. The van der Waals surface area contributed by atoms with Gasteiger partial charge in [-0.25, -0.2) is 0 Å². The molecule has 1 N–H and O–H groups in total. The summed E-state index contributed by atoms with van der Waals surface area (Å²) in [5.41, 5.74) is 0.0116. The molecule has 0 radical (unpaired) electrons. The number of benzene rings is 1. The van der Waals surface area contributed by atoms with Crippen molar-refractivity contribution >= 4 is 5.97 Å². The van der Waals surface area contributed by atoms with E-state index in [1.165, 1.54) is 7.11 Å². The van der Waals surface area contributed by atoms with Crippen molar-refractivity contribution in [2.24, 2.45) is 0 Å². The topological polar surface area (TPSA) is 55.8 Å². The fraction of sp³-hybridized carbons (Fsp3) is 0.462. The van der Waals surface area contributed by atoms with Crippen LogP contribution in [0.2, 0.25) is 0 Å². The summed E-state index contributed by atoms with van der Waals surface area (Å²) in [4.78, 5) is 11.0. The summed E-state index contributed by atoms with van der Waals surface area (Å²) >= 11 is 0. The SMILES string of the molecule is COC(=O)Cc1ccc(OCC(C)(C)O)cc1. The number of aliphatic hydroxyl groups is 1. The number of carbonyl (C=O) groups excluding carboxylic acids is 1. The van der Waals surface area contributed by atoms with Gasteiger partial charge in [0.15, 0.2) is 0 Å². The molecular formula is C13H18O4. The zero-order valence-electron chi connectivity index (χ0n) is 10.4. The van der Waals surface area contributed by atoms with E-state index >= 15 is 0 Å². The van der Waals surface area contributed by atoms with Gasteiger partial charge in [0.05, 0.1) is 19.1 Å². The Balaban J connectivity index is 2.53. The molecule has 94 valence electrons. The Hall–Kier alpha value is -1.55. The van der Waals surface area contributed by atoms with Crippen LogP contribution in [0.3, 0.4) is 0 Å². The van der Waals surface area contributed by atoms with Crippen molar-refractivity contribution in [3.63, 3.8) is 0 Å². The predicted molar refractivity (Wildman–Crippen MR) is 64.0 cm³/mol. The van der Waals surface area contributed by atoms with Gasteiger partial charge in [-0.1, -0.05) is 12.1 Å². The third kappa shape index (κ3) is 5.36. The maximum Gasteiger partial charge on any atom is 0.309 e. The first-order valence-electron chi connectivity index (χ1n) is 5.41. The highest BCUT2D eigenvalue weighted by Crippen LogP contribution is 2.14. The Morgan fingerprint density at radius 2 is 1.88 bits per heavy atom. The third-order valence-electron chi connectivity index (χ3n) is 2.09. The van der Waals surface area contributed by atoms with E-state index in [0.717, 1.165) is 5.56 Å². The number of ether oxygens (including phenoxy) is 2. The molecule has 0 heterocycles. The van der Waals surface area contributed by atoms with Crippen molar-refractivity contribution in [3.8, 4) is 5.75 Å². The molecule has 0 aromatic heterocycles. The van der Waals surface area contributed by atoms with E-state index in [9.17, 15) is 9.90 Å². The van der Waals surface area contributed by atoms with E-state index < -0.39 is 5.60 Å². The first-order chi connectivity index (χ1) is 7.90. The molecule has 1 rings (SSSR count). The van der Waals surface area contributed by atoms with Crippen LogP contribution in [0, 0.1) is 0 Å². The van der Waals surface area contributed by atoms with Gasteiger partial charge in [-0.05, 0) is 31.5 Å². The minimum atomic E-state index is -0.856. The minimum Gasteiger partial charge on any atom is -0.491 e. The Kier molecular flexibility index (Phi) is 4.52. The zero-order chi connectivity index (χ0) is 12.9. The molecular weight excluding hydrogens is 220 g/mol. The molecule has 1 aromatic rings. The normalized spacial score (nSPS) is 11.1. The van der Waals surface area contributed by atoms with E-state index in [1.54, 1.807) is 38.1 Å². The fourth-order valence-electron chi connectivity index (χ4n) is 1.20. The summed E-state index contributed by atoms with van der Waals surface area (Å²) in [5, 5.41) is 9.50. The Morgan fingerprint density at radius 1 is 1.29 bits per heavy atom. The quantitative estimate of drug-likeness (QED) is 0.791. The van der Waals surface area contributed by atoms with Gasteiger partial charge < -0.3 is 14.6 Å². The van der Waals surface area contributed by atoms with Crippen LogP contribution in [-0.4, -0.2) is 30.4 Å². The molecule has 17 heavy (non-hydrogen) atoms. The molecule has 0 unspecified atom stereocenters. The molecule has 4 heteroatoms. The monoisotopic (exact) mass is 238 g/mol. The van der Waals surface area contributed by atoms with Crippen LogP contribution in [0.5, 0.6) is 5.75 Å². The largest absolute Gasteiger partial charge is 0.491 e. The summed E-state index contributed by atoms with van der Waals surface area (Å²) in [6.07, 6.45) is 0.252. The Morgan fingerprint density at radius 3 is 2.35 bits per heavy atom. The van der Waals surface area contributed by atoms with Gasteiger partial charge in [-0.15, -0.1) is 0 Å². The van der Waals surface area contributed by atoms with Gasteiger partial charge in [0.1, 0.15) is 12.4 Å². The van der Waals surface area contributed by atoms with Crippen molar-refractivity contribution in [2.75, 3.05) is 13.7 Å². The molecule has 0 aliphatic carbocycles. The van der Waals surface area contributed by atoms with Gasteiger partial charge >= 0.3 is 5.97 Å². The summed E-state index contributed by atoms with van der Waals surface area (Å²) in [7, 11) is 1.36. The maximum absolute atomic E-state index is 11.0. The zero-order valence-corrected chi connectivity index (χ0v) is 10.4. The van der Waals surface area contributed by atoms with Gasteiger partial charge in [0.25, 0.3) is 0 Å². The van der Waals surface area contributed by atoms with Crippen LogP contribution in [0.15, 0.2) is 24.3 Å². The first kappa shape index (κ1) is 13.5. The third-order valence-corrected chi connectivity index (χ3v) is 2.09. The van der Waals surface area contributed by atoms with E-state index in [0.29, 0.717) is 5.75 Å². The van der Waals surface area contributed by atoms with Crippen molar-refractivity contribution in [1.29, 1.82) is 0 Å². The molecule has 0 bridgehead atoms. The van der Waals surface area contributed by atoms with E-state index in [1.807, 2.05) is 0 Å². The number of hydrogen-bond acceptors (Lipinski definition) is 4. The van der Waals surface area contributed by atoms with Crippen LogP contribution >= 0.6 is 0 Å². The van der Waals surface area contributed by atoms with Gasteiger partial charge in [-0.3, -0.25) is 4.79 Å². The number of esters is 1. The molecule has 0 aliphatic heterocycles. The van der Waals surface area contributed by atoms with Crippen molar-refractivity contribution in [2.45, 2.75) is 25.9 Å². The fourth-order valence-corrected chi connectivity index (χ4v) is 1.20. The van der Waals surface area contributed by atoms with Crippen LogP contribution in [0.25, 0.3) is 0 Å². The average Bonchev–Trinajstić information content (AvgIpc) is 2.27. The highest BCUT2D eigenvalue weighted by molar-refractivity contribution is 5.72. The van der Waals surface area contributed by atoms with Crippen LogP contribution in [0.1, 0.15) is 19.4 Å². The van der Waals surface area contributed by atoms with Crippen LogP contribution in [-0.2, 0) is 16.0 Å². The predicted octanol–water partition coefficient (Wildman–Crippen LogP) is 1.55. The van der Waals surface area contributed by atoms with Crippen LogP contribution in [0.4, 0.5) is 0 Å². The van der Waals surface area contributed by atoms with E-state index in [-0.39, 0.29) is 19.0 Å². The standard InChI is InChI=1S/C13H18O4/c1-13(2,15)9-17-11-6-4-10(5-7-11)8-12(14)16-3/h4-7,15H,8-9H2,1-3H3. The number of rotatable bonds is 5. The number of methoxy groups -OCH3 is 1. The average molecular weight is 238 g/mol. The molecule has 0 spiro atoms. The lowest BCUT2D eigenvalue weighted by Crippen LogP contribution is -2.27. The van der Waals surface area contributed by atoms with Gasteiger partial charge in [-0.2, -0.15) is 0 Å². The molecule has 1 aromatic carbocycles. The van der Waals surface area contributed by atoms with Crippen LogP contribution < -0.4 is 4.74 Å². The van der Waals surface area contributed by atoms with E-state index in [2.05, 4.69) is 4.74 Å². The maximum atomic E-state index is 11.0. The molecule has 0 saturated heterocycles. The highest BCUT2D eigenvalue weighted by atomic mass is 16.5. The second kappa shape index (κ2) is 5.68. The lowest BCUT2D eigenvalue weighted by atomic mass is 10.1. The molecule has 0 saturated carbocycles. The summed E-state index contributed by atoms with van der Waals surface area (Å²) < 4.78 is 9.96. The Bertz CT molecular complexity index is 362. The summed E-state index contributed by atoms with van der Waals surface area (Å²) in [5.74, 6) is 0.399. The number of hydrogen-bond donors (Lipinski definition) is 1. The van der Waals surface area contributed by atoms with Gasteiger partial charge in [0, 0.05) is 0 Å².